The molecule has 0 fully saturated rings. The van der Waals surface area contributed by atoms with E-state index in [4.69, 9.17) is 0 Å². The van der Waals surface area contributed by atoms with Gasteiger partial charge in [-0.15, -0.1) is 0 Å². The molecule has 0 N–H and O–H groups in total. The van der Waals surface area contributed by atoms with Gasteiger partial charge in [-0.2, -0.15) is 0 Å². The number of rotatable bonds is 7. The van der Waals surface area contributed by atoms with Crippen LogP contribution in [0, 0.1) is 5.92 Å². The Hall–Kier alpha value is -3.92. The number of unbranched alkanes of at least 4 members (excludes halogenated alkanes) is 1. The zero-order valence-electron chi connectivity index (χ0n) is 27.7. The Morgan fingerprint density at radius 1 is 0.682 bits per heavy atom. The average Bonchev–Trinajstić information content (AvgIpc) is 3.31. The standard InChI is InChI=1S/C40H46N2O2/c1-9-11-13-25(10-2)24-41-37(43)29-15-12-14-28-33(21-18-30(36(28)29)38(41)44)42-34-19-16-26(39(3,4)5)22-31(34)32-23-27(40(6,7)8)17-20-35(32)42/h12,14-23,25H,9-11,13,24H2,1-8H3. The predicted molar refractivity (Wildman–Crippen MR) is 184 cm³/mol. The number of carbonyl (C=O) groups is 2. The lowest BCUT2D eigenvalue weighted by atomic mass is 9.85. The van der Waals surface area contributed by atoms with Crippen molar-refractivity contribution in [2.75, 3.05) is 6.54 Å². The molecular weight excluding hydrogens is 540 g/mol. The highest BCUT2D eigenvalue weighted by Gasteiger charge is 2.35. The first-order valence-electron chi connectivity index (χ1n) is 16.4. The van der Waals surface area contributed by atoms with E-state index in [1.54, 1.807) is 0 Å². The molecule has 1 unspecified atom stereocenters. The topological polar surface area (TPSA) is 42.3 Å². The normalized spacial score (nSPS) is 14.8. The van der Waals surface area contributed by atoms with Gasteiger partial charge in [-0.1, -0.05) is 98.9 Å². The van der Waals surface area contributed by atoms with Crippen LogP contribution in [0.3, 0.4) is 0 Å². The molecule has 1 aliphatic rings. The van der Waals surface area contributed by atoms with Gasteiger partial charge in [-0.05, 0) is 76.8 Å². The number of aromatic nitrogens is 1. The molecule has 5 aromatic rings. The minimum absolute atomic E-state index is 0.0183. The second-order valence-corrected chi connectivity index (χ2v) is 14.8. The molecule has 4 heteroatoms. The molecule has 0 radical (unpaired) electrons. The van der Waals surface area contributed by atoms with Crippen LogP contribution in [0.2, 0.25) is 0 Å². The molecule has 0 saturated carbocycles. The number of imide groups is 1. The van der Waals surface area contributed by atoms with Gasteiger partial charge in [0, 0.05) is 39.2 Å². The van der Waals surface area contributed by atoms with E-state index >= 15 is 0 Å². The minimum Gasteiger partial charge on any atom is -0.309 e. The highest BCUT2D eigenvalue weighted by atomic mass is 16.2. The number of fused-ring (bicyclic) bond motifs is 3. The van der Waals surface area contributed by atoms with Gasteiger partial charge >= 0.3 is 0 Å². The smallest absolute Gasteiger partial charge is 0.261 e. The van der Waals surface area contributed by atoms with Crippen molar-refractivity contribution < 1.29 is 9.59 Å². The van der Waals surface area contributed by atoms with Gasteiger partial charge < -0.3 is 4.57 Å². The summed E-state index contributed by atoms with van der Waals surface area (Å²) in [6, 6.07) is 23.6. The Morgan fingerprint density at radius 2 is 1.25 bits per heavy atom. The van der Waals surface area contributed by atoms with Crippen molar-refractivity contribution in [2.45, 2.75) is 91.9 Å². The Morgan fingerprint density at radius 3 is 1.77 bits per heavy atom. The van der Waals surface area contributed by atoms with E-state index in [0.29, 0.717) is 23.6 Å². The van der Waals surface area contributed by atoms with Gasteiger partial charge in [0.05, 0.1) is 16.7 Å². The third kappa shape index (κ3) is 4.93. The van der Waals surface area contributed by atoms with E-state index in [1.165, 1.54) is 26.8 Å². The van der Waals surface area contributed by atoms with Crippen LogP contribution in [0.5, 0.6) is 0 Å². The van der Waals surface area contributed by atoms with Crippen LogP contribution in [0.4, 0.5) is 0 Å². The molecule has 228 valence electrons. The molecule has 1 atom stereocenters. The maximum Gasteiger partial charge on any atom is 0.261 e. The quantitative estimate of drug-likeness (QED) is 0.178. The predicted octanol–water partition coefficient (Wildman–Crippen LogP) is 10.3. The summed E-state index contributed by atoms with van der Waals surface area (Å²) in [5.41, 5.74) is 7.10. The molecule has 4 nitrogen and oxygen atoms in total. The summed E-state index contributed by atoms with van der Waals surface area (Å²) in [6.45, 7) is 18.3. The first kappa shape index (κ1) is 30.1. The van der Waals surface area contributed by atoms with E-state index in [0.717, 1.165) is 53.2 Å². The second-order valence-electron chi connectivity index (χ2n) is 14.8. The summed E-state index contributed by atoms with van der Waals surface area (Å²) in [7, 11) is 0. The van der Waals surface area contributed by atoms with E-state index in [-0.39, 0.29) is 22.6 Å². The summed E-state index contributed by atoms with van der Waals surface area (Å²) in [5.74, 6) is -0.0319. The highest BCUT2D eigenvalue weighted by Crippen LogP contribution is 2.41. The molecule has 2 amide bonds. The monoisotopic (exact) mass is 586 g/mol. The molecule has 44 heavy (non-hydrogen) atoms. The number of hydrogen-bond donors (Lipinski definition) is 0. The fraction of sp³-hybridized carbons (Fsp3) is 0.400. The Kier molecular flexibility index (Phi) is 7.47. The van der Waals surface area contributed by atoms with E-state index in [2.05, 4.69) is 108 Å². The zero-order chi connectivity index (χ0) is 31.6. The second kappa shape index (κ2) is 10.9. The third-order valence-corrected chi connectivity index (χ3v) is 9.69. The highest BCUT2D eigenvalue weighted by molar-refractivity contribution is 6.26. The molecule has 0 aliphatic carbocycles. The Labute approximate surface area is 262 Å². The van der Waals surface area contributed by atoms with Crippen molar-refractivity contribution in [3.05, 3.63) is 89.0 Å². The van der Waals surface area contributed by atoms with Gasteiger partial charge in [0.15, 0.2) is 0 Å². The number of nitrogens with zero attached hydrogens (tertiary/aromatic N) is 2. The maximum atomic E-state index is 13.9. The van der Waals surface area contributed by atoms with Gasteiger partial charge in [0.25, 0.3) is 11.8 Å². The fourth-order valence-electron chi connectivity index (χ4n) is 6.88. The van der Waals surface area contributed by atoms with Crippen molar-refractivity contribution in [3.63, 3.8) is 0 Å². The van der Waals surface area contributed by atoms with Crippen LogP contribution in [-0.4, -0.2) is 27.8 Å². The van der Waals surface area contributed by atoms with Crippen LogP contribution >= 0.6 is 0 Å². The summed E-state index contributed by atoms with van der Waals surface area (Å²) in [6.07, 6.45) is 4.20. The van der Waals surface area contributed by atoms with Crippen molar-refractivity contribution >= 4 is 44.4 Å². The summed E-state index contributed by atoms with van der Waals surface area (Å²) < 4.78 is 2.33. The van der Waals surface area contributed by atoms with E-state index < -0.39 is 0 Å². The average molecular weight is 587 g/mol. The SMILES string of the molecule is CCCCC(CC)CN1C(=O)c2cccc3c(-n4c5ccc(C(C)(C)C)cc5c5cc(C(C)(C)C)ccc54)ccc(c23)C1=O. The number of amides is 2. The first-order valence-corrected chi connectivity index (χ1v) is 16.4. The summed E-state index contributed by atoms with van der Waals surface area (Å²) >= 11 is 0. The summed E-state index contributed by atoms with van der Waals surface area (Å²) in [5, 5.41) is 4.13. The van der Waals surface area contributed by atoms with Gasteiger partial charge in [-0.25, -0.2) is 0 Å². The van der Waals surface area contributed by atoms with Crippen molar-refractivity contribution in [2.24, 2.45) is 5.92 Å². The number of hydrogen-bond acceptors (Lipinski definition) is 2. The molecule has 0 bridgehead atoms. The molecule has 1 aliphatic heterocycles. The summed E-state index contributed by atoms with van der Waals surface area (Å²) in [4.78, 5) is 29.3. The van der Waals surface area contributed by atoms with Crippen molar-refractivity contribution in [1.29, 1.82) is 0 Å². The molecule has 1 aromatic heterocycles. The largest absolute Gasteiger partial charge is 0.309 e. The molecule has 4 aromatic carbocycles. The lowest BCUT2D eigenvalue weighted by Gasteiger charge is -2.30. The number of carbonyl (C=O) groups excluding carboxylic acids is 2. The van der Waals surface area contributed by atoms with Crippen LogP contribution in [0.1, 0.15) is 113 Å². The fourth-order valence-corrected chi connectivity index (χ4v) is 6.88. The lowest BCUT2D eigenvalue weighted by Crippen LogP contribution is -2.43. The molecule has 6 rings (SSSR count). The van der Waals surface area contributed by atoms with Crippen LogP contribution in [-0.2, 0) is 10.8 Å². The molecule has 2 heterocycles. The third-order valence-electron chi connectivity index (χ3n) is 9.69. The van der Waals surface area contributed by atoms with Crippen molar-refractivity contribution in [1.82, 2.24) is 9.47 Å². The Balaban J connectivity index is 1.57. The molecule has 0 spiro atoms. The van der Waals surface area contributed by atoms with E-state index in [1.807, 2.05) is 18.2 Å². The molecular formula is C40H46N2O2. The minimum atomic E-state index is -0.174. The number of benzene rings is 4. The van der Waals surface area contributed by atoms with Crippen LogP contribution in [0.15, 0.2) is 66.7 Å². The van der Waals surface area contributed by atoms with Crippen molar-refractivity contribution in [3.8, 4) is 5.69 Å². The van der Waals surface area contributed by atoms with Gasteiger partial charge in [-0.3, -0.25) is 14.5 Å². The van der Waals surface area contributed by atoms with E-state index in [9.17, 15) is 9.59 Å². The van der Waals surface area contributed by atoms with Gasteiger partial charge in [0.2, 0.25) is 0 Å². The molecule has 0 saturated heterocycles. The zero-order valence-corrected chi connectivity index (χ0v) is 27.7. The first-order chi connectivity index (χ1) is 20.8. The Bertz CT molecular complexity index is 1840. The van der Waals surface area contributed by atoms with Crippen LogP contribution < -0.4 is 0 Å². The van der Waals surface area contributed by atoms with Crippen LogP contribution in [0.25, 0.3) is 38.3 Å². The maximum absolute atomic E-state index is 13.9. The van der Waals surface area contributed by atoms with Gasteiger partial charge in [0.1, 0.15) is 0 Å². The lowest BCUT2D eigenvalue weighted by molar-refractivity contribution is 0.0580.